The summed E-state index contributed by atoms with van der Waals surface area (Å²) in [4.78, 5) is 8.38. The fourth-order valence-electron chi connectivity index (χ4n) is 1.50. The van der Waals surface area contributed by atoms with Crippen LogP contribution < -0.4 is 5.32 Å². The molecule has 0 aliphatic rings. The Bertz CT molecular complexity index is 439. The summed E-state index contributed by atoms with van der Waals surface area (Å²) >= 11 is 1.68. The zero-order valence-corrected chi connectivity index (χ0v) is 10.3. The molecule has 0 amide bonds. The van der Waals surface area contributed by atoms with Crippen LogP contribution in [0.5, 0.6) is 0 Å². The highest BCUT2D eigenvalue weighted by molar-refractivity contribution is 7.09. The van der Waals surface area contributed by atoms with Gasteiger partial charge in [0.15, 0.2) is 0 Å². The van der Waals surface area contributed by atoms with Crippen molar-refractivity contribution in [2.24, 2.45) is 0 Å². The molecule has 1 atom stereocenters. The van der Waals surface area contributed by atoms with Crippen molar-refractivity contribution < 1.29 is 0 Å². The molecule has 3 nitrogen and oxygen atoms in total. The van der Waals surface area contributed by atoms with Crippen LogP contribution in [0.3, 0.4) is 0 Å². The third-order valence-corrected chi connectivity index (χ3v) is 3.52. The summed E-state index contributed by atoms with van der Waals surface area (Å²) < 4.78 is 0. The lowest BCUT2D eigenvalue weighted by Gasteiger charge is -2.12. The smallest absolute Gasteiger partial charge is 0.109 e. The lowest BCUT2D eigenvalue weighted by Crippen LogP contribution is -2.18. The van der Waals surface area contributed by atoms with E-state index in [9.17, 15) is 0 Å². The van der Waals surface area contributed by atoms with E-state index in [0.717, 1.165) is 11.6 Å². The summed E-state index contributed by atoms with van der Waals surface area (Å²) in [6.07, 6.45) is 5.57. The van der Waals surface area contributed by atoms with Gasteiger partial charge in [0.05, 0.1) is 6.04 Å². The molecule has 2 rings (SSSR count). The number of thiazole rings is 1. The lowest BCUT2D eigenvalue weighted by molar-refractivity contribution is 0.570. The maximum Gasteiger partial charge on any atom is 0.109 e. The van der Waals surface area contributed by atoms with Crippen LogP contribution in [0.1, 0.15) is 29.1 Å². The number of hydrogen-bond donors (Lipinski definition) is 1. The maximum atomic E-state index is 4.29. The number of nitrogens with one attached hydrogen (secondary N) is 1. The molecule has 2 aromatic rings. The Kier molecular flexibility index (Phi) is 3.64. The summed E-state index contributed by atoms with van der Waals surface area (Å²) in [5.41, 5.74) is 2.51. The van der Waals surface area contributed by atoms with E-state index in [1.54, 1.807) is 11.3 Å². The second-order valence-electron chi connectivity index (χ2n) is 3.78. The summed E-state index contributed by atoms with van der Waals surface area (Å²) in [6.45, 7) is 5.07. The number of aromatic nitrogens is 2. The van der Waals surface area contributed by atoms with Crippen LogP contribution in [0.4, 0.5) is 0 Å². The third kappa shape index (κ3) is 2.65. The number of pyridine rings is 1. The standard InChI is InChI=1S/C12H15N3S/c1-9-7-13-4-3-11(9)8-15-10(2)12-14-5-6-16-12/h3-7,10,15H,8H2,1-2H3. The topological polar surface area (TPSA) is 37.8 Å². The lowest BCUT2D eigenvalue weighted by atomic mass is 10.1. The third-order valence-electron chi connectivity index (χ3n) is 2.56. The van der Waals surface area contributed by atoms with Gasteiger partial charge >= 0.3 is 0 Å². The van der Waals surface area contributed by atoms with E-state index >= 15 is 0 Å². The van der Waals surface area contributed by atoms with E-state index in [0.29, 0.717) is 6.04 Å². The van der Waals surface area contributed by atoms with Crippen molar-refractivity contribution in [2.75, 3.05) is 0 Å². The fraction of sp³-hybridized carbons (Fsp3) is 0.333. The van der Waals surface area contributed by atoms with Gasteiger partial charge in [-0.25, -0.2) is 4.98 Å². The zero-order chi connectivity index (χ0) is 11.4. The van der Waals surface area contributed by atoms with Crippen molar-refractivity contribution in [1.29, 1.82) is 0 Å². The van der Waals surface area contributed by atoms with Crippen LogP contribution in [0, 0.1) is 6.92 Å². The highest BCUT2D eigenvalue weighted by Crippen LogP contribution is 2.15. The predicted octanol–water partition coefficient (Wildman–Crippen LogP) is 2.70. The summed E-state index contributed by atoms with van der Waals surface area (Å²) in [7, 11) is 0. The van der Waals surface area contributed by atoms with Gasteiger partial charge in [-0.15, -0.1) is 11.3 Å². The molecule has 0 spiro atoms. The Balaban J connectivity index is 1.95. The van der Waals surface area contributed by atoms with Crippen LogP contribution in [-0.4, -0.2) is 9.97 Å². The minimum absolute atomic E-state index is 0.299. The second-order valence-corrected chi connectivity index (χ2v) is 4.70. The van der Waals surface area contributed by atoms with Crippen molar-refractivity contribution in [2.45, 2.75) is 26.4 Å². The first kappa shape index (κ1) is 11.2. The van der Waals surface area contributed by atoms with Gasteiger partial charge in [-0.1, -0.05) is 0 Å². The average Bonchev–Trinajstić information content (AvgIpc) is 2.81. The molecule has 16 heavy (non-hydrogen) atoms. The molecular weight excluding hydrogens is 218 g/mol. The molecule has 2 aromatic heterocycles. The first-order valence-electron chi connectivity index (χ1n) is 5.29. The molecule has 0 aromatic carbocycles. The van der Waals surface area contributed by atoms with Gasteiger partial charge in [0.2, 0.25) is 0 Å². The van der Waals surface area contributed by atoms with Crippen LogP contribution >= 0.6 is 11.3 Å². The van der Waals surface area contributed by atoms with E-state index in [4.69, 9.17) is 0 Å². The quantitative estimate of drug-likeness (QED) is 0.882. The maximum absolute atomic E-state index is 4.29. The monoisotopic (exact) mass is 233 g/mol. The van der Waals surface area contributed by atoms with Gasteiger partial charge in [0.1, 0.15) is 5.01 Å². The van der Waals surface area contributed by atoms with Crippen molar-refractivity contribution in [3.63, 3.8) is 0 Å². The van der Waals surface area contributed by atoms with E-state index in [1.807, 2.05) is 24.0 Å². The largest absolute Gasteiger partial charge is 0.304 e. The van der Waals surface area contributed by atoms with Gasteiger partial charge in [-0.2, -0.15) is 0 Å². The van der Waals surface area contributed by atoms with E-state index < -0.39 is 0 Å². The van der Waals surface area contributed by atoms with Crippen molar-refractivity contribution in [3.05, 3.63) is 46.2 Å². The number of aryl methyl sites for hydroxylation is 1. The molecule has 0 aliphatic heterocycles. The normalized spacial score (nSPS) is 12.6. The molecular formula is C12H15N3S. The molecule has 0 aliphatic carbocycles. The van der Waals surface area contributed by atoms with E-state index in [1.165, 1.54) is 11.1 Å². The van der Waals surface area contributed by atoms with Gasteiger partial charge in [0, 0.05) is 30.5 Å². The van der Waals surface area contributed by atoms with Gasteiger partial charge in [-0.3, -0.25) is 4.98 Å². The Labute approximate surface area is 99.6 Å². The van der Waals surface area contributed by atoms with Crippen molar-refractivity contribution in [1.82, 2.24) is 15.3 Å². The Morgan fingerprint density at radius 1 is 1.44 bits per heavy atom. The first-order valence-corrected chi connectivity index (χ1v) is 6.17. The van der Waals surface area contributed by atoms with Crippen LogP contribution in [0.15, 0.2) is 30.0 Å². The fourth-order valence-corrected chi connectivity index (χ4v) is 2.17. The Morgan fingerprint density at radius 2 is 2.31 bits per heavy atom. The number of hydrogen-bond acceptors (Lipinski definition) is 4. The molecule has 0 fully saturated rings. The minimum Gasteiger partial charge on any atom is -0.304 e. The van der Waals surface area contributed by atoms with Crippen LogP contribution in [0.25, 0.3) is 0 Å². The van der Waals surface area contributed by atoms with Gasteiger partial charge < -0.3 is 5.32 Å². The molecule has 0 saturated carbocycles. The zero-order valence-electron chi connectivity index (χ0n) is 9.47. The molecule has 0 bridgehead atoms. The molecule has 0 saturated heterocycles. The molecule has 0 radical (unpaired) electrons. The van der Waals surface area contributed by atoms with E-state index in [-0.39, 0.29) is 0 Å². The van der Waals surface area contributed by atoms with E-state index in [2.05, 4.69) is 35.2 Å². The minimum atomic E-state index is 0.299. The van der Waals surface area contributed by atoms with Gasteiger partial charge in [-0.05, 0) is 31.0 Å². The molecule has 1 unspecified atom stereocenters. The number of rotatable bonds is 4. The van der Waals surface area contributed by atoms with Crippen LogP contribution in [0.2, 0.25) is 0 Å². The highest BCUT2D eigenvalue weighted by atomic mass is 32.1. The summed E-state index contributed by atoms with van der Waals surface area (Å²) in [5.74, 6) is 0. The number of nitrogens with zero attached hydrogens (tertiary/aromatic N) is 2. The highest BCUT2D eigenvalue weighted by Gasteiger charge is 2.07. The van der Waals surface area contributed by atoms with Crippen LogP contribution in [-0.2, 0) is 6.54 Å². The average molecular weight is 233 g/mol. The molecule has 84 valence electrons. The summed E-state index contributed by atoms with van der Waals surface area (Å²) in [6, 6.07) is 2.35. The van der Waals surface area contributed by atoms with Crippen molar-refractivity contribution in [3.8, 4) is 0 Å². The summed E-state index contributed by atoms with van der Waals surface area (Å²) in [5, 5.41) is 6.60. The van der Waals surface area contributed by atoms with Gasteiger partial charge in [0.25, 0.3) is 0 Å². The van der Waals surface area contributed by atoms with Crippen molar-refractivity contribution >= 4 is 11.3 Å². The Morgan fingerprint density at radius 3 is 3.00 bits per heavy atom. The SMILES string of the molecule is Cc1cnccc1CNC(C)c1nccs1. The Hall–Kier alpha value is -1.26. The predicted molar refractivity (Wildman–Crippen MR) is 66.3 cm³/mol. The second kappa shape index (κ2) is 5.18. The first-order chi connectivity index (χ1) is 7.77. The molecule has 1 N–H and O–H groups in total. The molecule has 4 heteroatoms. The molecule has 2 heterocycles.